The van der Waals surface area contributed by atoms with Crippen LogP contribution in [0.4, 0.5) is 0 Å². The van der Waals surface area contributed by atoms with Gasteiger partial charge in [0.1, 0.15) is 0 Å². The van der Waals surface area contributed by atoms with Crippen molar-refractivity contribution in [3.8, 4) is 6.07 Å². The SMILES string of the molecule is CC(C)C(CCC#N)[N+](=O)[O-]. The molecule has 0 amide bonds. The lowest BCUT2D eigenvalue weighted by Crippen LogP contribution is -2.25. The molecule has 0 fully saturated rings. The highest BCUT2D eigenvalue weighted by Gasteiger charge is 2.23. The number of hydrogen-bond donors (Lipinski definition) is 0. The third-order valence-electron chi connectivity index (χ3n) is 1.59. The fraction of sp³-hybridized carbons (Fsp3) is 0.857. The molecular weight excluding hydrogens is 144 g/mol. The third kappa shape index (κ3) is 3.56. The van der Waals surface area contributed by atoms with E-state index in [1.54, 1.807) is 13.8 Å². The Bertz CT molecular complexity index is 172. The monoisotopic (exact) mass is 156 g/mol. The molecule has 0 aliphatic carbocycles. The second kappa shape index (κ2) is 4.67. The largest absolute Gasteiger partial charge is 0.264 e. The van der Waals surface area contributed by atoms with Crippen LogP contribution in [0.3, 0.4) is 0 Å². The molecule has 0 radical (unpaired) electrons. The summed E-state index contributed by atoms with van der Waals surface area (Å²) in [5.74, 6) is 0.0124. The highest BCUT2D eigenvalue weighted by atomic mass is 16.6. The minimum Gasteiger partial charge on any atom is -0.264 e. The predicted molar refractivity (Wildman–Crippen MR) is 40.5 cm³/mol. The van der Waals surface area contributed by atoms with Crippen molar-refractivity contribution in [2.24, 2.45) is 5.92 Å². The first-order chi connectivity index (χ1) is 5.09. The first-order valence-electron chi connectivity index (χ1n) is 3.60. The third-order valence-corrected chi connectivity index (χ3v) is 1.59. The normalized spacial score (nSPS) is 12.5. The van der Waals surface area contributed by atoms with Crippen LogP contribution in [-0.2, 0) is 0 Å². The Balaban J connectivity index is 3.92. The molecule has 11 heavy (non-hydrogen) atoms. The molecular formula is C7H12N2O2. The number of hydrogen-bond acceptors (Lipinski definition) is 3. The summed E-state index contributed by atoms with van der Waals surface area (Å²) in [5.41, 5.74) is 0. The van der Waals surface area contributed by atoms with Crippen molar-refractivity contribution in [1.82, 2.24) is 0 Å². The van der Waals surface area contributed by atoms with Crippen LogP contribution in [0.5, 0.6) is 0 Å². The van der Waals surface area contributed by atoms with Crippen LogP contribution >= 0.6 is 0 Å². The van der Waals surface area contributed by atoms with Crippen molar-refractivity contribution in [3.05, 3.63) is 10.1 Å². The molecule has 0 aromatic rings. The van der Waals surface area contributed by atoms with Crippen LogP contribution in [0.15, 0.2) is 0 Å². The standard InChI is InChI=1S/C7H12N2O2/c1-6(2)7(9(10)11)4-3-5-8/h6-7H,3-4H2,1-2H3. The molecule has 0 aliphatic heterocycles. The van der Waals surface area contributed by atoms with Gasteiger partial charge in [-0.1, -0.05) is 13.8 Å². The minimum atomic E-state index is -0.561. The summed E-state index contributed by atoms with van der Waals surface area (Å²) in [6.07, 6.45) is 0.630. The molecule has 0 aliphatic rings. The zero-order chi connectivity index (χ0) is 8.85. The maximum Gasteiger partial charge on any atom is 0.216 e. The molecule has 0 spiro atoms. The fourth-order valence-corrected chi connectivity index (χ4v) is 0.895. The van der Waals surface area contributed by atoms with Crippen LogP contribution in [0.25, 0.3) is 0 Å². The van der Waals surface area contributed by atoms with E-state index in [-0.39, 0.29) is 17.3 Å². The van der Waals surface area contributed by atoms with Gasteiger partial charge >= 0.3 is 0 Å². The van der Waals surface area contributed by atoms with Crippen LogP contribution in [0.2, 0.25) is 0 Å². The molecule has 62 valence electrons. The summed E-state index contributed by atoms with van der Waals surface area (Å²) in [6, 6.07) is 1.34. The van der Waals surface area contributed by atoms with Crippen molar-refractivity contribution in [1.29, 1.82) is 5.26 Å². The Kier molecular flexibility index (Phi) is 4.20. The Hall–Kier alpha value is -1.11. The van der Waals surface area contributed by atoms with Crippen molar-refractivity contribution in [2.45, 2.75) is 32.7 Å². The lowest BCUT2D eigenvalue weighted by molar-refractivity contribution is -0.531. The van der Waals surface area contributed by atoms with Gasteiger partial charge in [-0.2, -0.15) is 5.26 Å². The Morgan fingerprint density at radius 1 is 1.64 bits per heavy atom. The quantitative estimate of drug-likeness (QED) is 0.458. The van der Waals surface area contributed by atoms with E-state index in [1.165, 1.54) is 0 Å². The zero-order valence-corrected chi connectivity index (χ0v) is 6.78. The second-order valence-electron chi connectivity index (χ2n) is 2.79. The highest BCUT2D eigenvalue weighted by Crippen LogP contribution is 2.11. The van der Waals surface area contributed by atoms with Crippen molar-refractivity contribution in [2.75, 3.05) is 0 Å². The van der Waals surface area contributed by atoms with Crippen LogP contribution < -0.4 is 0 Å². The summed E-state index contributed by atoms with van der Waals surface area (Å²) in [4.78, 5) is 10.0. The smallest absolute Gasteiger partial charge is 0.216 e. The van der Waals surface area contributed by atoms with E-state index in [0.29, 0.717) is 6.42 Å². The van der Waals surface area contributed by atoms with Gasteiger partial charge in [-0.3, -0.25) is 10.1 Å². The van der Waals surface area contributed by atoms with Gasteiger partial charge in [0, 0.05) is 23.7 Å². The van der Waals surface area contributed by atoms with E-state index in [1.807, 2.05) is 6.07 Å². The van der Waals surface area contributed by atoms with Crippen molar-refractivity contribution < 1.29 is 4.92 Å². The van der Waals surface area contributed by atoms with Crippen molar-refractivity contribution >= 4 is 0 Å². The first-order valence-corrected chi connectivity index (χ1v) is 3.60. The minimum absolute atomic E-state index is 0.0124. The molecule has 0 bridgehead atoms. The Morgan fingerprint density at radius 3 is 2.45 bits per heavy atom. The molecule has 0 saturated heterocycles. The summed E-state index contributed by atoms with van der Waals surface area (Å²) in [6.45, 7) is 3.59. The maximum absolute atomic E-state index is 10.3. The molecule has 0 rings (SSSR count). The lowest BCUT2D eigenvalue weighted by atomic mass is 10.0. The van der Waals surface area contributed by atoms with Gasteiger partial charge in [-0.05, 0) is 0 Å². The summed E-state index contributed by atoms with van der Waals surface area (Å²) in [7, 11) is 0. The Labute approximate surface area is 66.0 Å². The van der Waals surface area contributed by atoms with E-state index in [2.05, 4.69) is 0 Å². The molecule has 4 heteroatoms. The number of nitro groups is 1. The fourth-order valence-electron chi connectivity index (χ4n) is 0.895. The second-order valence-corrected chi connectivity index (χ2v) is 2.79. The van der Waals surface area contributed by atoms with Crippen LogP contribution in [0, 0.1) is 27.4 Å². The van der Waals surface area contributed by atoms with Gasteiger partial charge in [0.05, 0.1) is 6.07 Å². The lowest BCUT2D eigenvalue weighted by Gasteiger charge is -2.09. The molecule has 1 unspecified atom stereocenters. The van der Waals surface area contributed by atoms with Gasteiger partial charge in [0.25, 0.3) is 0 Å². The highest BCUT2D eigenvalue weighted by molar-refractivity contribution is 4.73. The zero-order valence-electron chi connectivity index (χ0n) is 6.78. The van der Waals surface area contributed by atoms with Gasteiger partial charge in [0.15, 0.2) is 0 Å². The van der Waals surface area contributed by atoms with Gasteiger partial charge in [0.2, 0.25) is 6.04 Å². The molecule has 0 N–H and O–H groups in total. The maximum atomic E-state index is 10.3. The van der Waals surface area contributed by atoms with Crippen molar-refractivity contribution in [3.63, 3.8) is 0 Å². The molecule has 1 atom stereocenters. The average Bonchev–Trinajstić information content (AvgIpc) is 1.87. The van der Waals surface area contributed by atoms with Gasteiger partial charge in [-0.15, -0.1) is 0 Å². The van der Waals surface area contributed by atoms with Crippen LogP contribution in [-0.4, -0.2) is 11.0 Å². The van der Waals surface area contributed by atoms with Crippen LogP contribution in [0.1, 0.15) is 26.7 Å². The number of rotatable bonds is 4. The van der Waals surface area contributed by atoms with E-state index < -0.39 is 6.04 Å². The van der Waals surface area contributed by atoms with E-state index in [0.717, 1.165) is 0 Å². The van der Waals surface area contributed by atoms with E-state index >= 15 is 0 Å². The van der Waals surface area contributed by atoms with Gasteiger partial charge < -0.3 is 0 Å². The molecule has 0 heterocycles. The summed E-state index contributed by atoms with van der Waals surface area (Å²) in [5, 5.41) is 18.5. The molecule has 0 aromatic heterocycles. The summed E-state index contributed by atoms with van der Waals surface area (Å²) >= 11 is 0. The predicted octanol–water partition coefficient (Wildman–Crippen LogP) is 1.59. The average molecular weight is 156 g/mol. The van der Waals surface area contributed by atoms with Gasteiger partial charge in [-0.25, -0.2) is 0 Å². The summed E-state index contributed by atoms with van der Waals surface area (Å²) < 4.78 is 0. The topological polar surface area (TPSA) is 66.9 Å². The number of nitriles is 1. The Morgan fingerprint density at radius 2 is 2.18 bits per heavy atom. The number of nitrogens with zero attached hydrogens (tertiary/aromatic N) is 2. The molecule has 0 saturated carbocycles. The van der Waals surface area contributed by atoms with E-state index in [9.17, 15) is 10.1 Å². The van der Waals surface area contributed by atoms with E-state index in [4.69, 9.17) is 5.26 Å². The first kappa shape index (κ1) is 9.89. The molecule has 0 aromatic carbocycles. The molecule has 4 nitrogen and oxygen atoms in total.